The van der Waals surface area contributed by atoms with E-state index in [1.807, 2.05) is 0 Å². The first-order chi connectivity index (χ1) is 19.7. The minimum atomic E-state index is -4.86. The Morgan fingerprint density at radius 1 is 0.744 bits per heavy atom. The molecule has 0 amide bonds. The van der Waals surface area contributed by atoms with E-state index in [2.05, 4.69) is 0 Å². The van der Waals surface area contributed by atoms with Crippen molar-refractivity contribution in [3.8, 4) is 0 Å². The van der Waals surface area contributed by atoms with E-state index in [4.69, 9.17) is 23.7 Å². The third-order valence-electron chi connectivity index (χ3n) is 6.43. The minimum Gasteiger partial charge on any atom is -0.427 e. The fourth-order valence-corrected chi connectivity index (χ4v) is 4.14. The molecule has 0 aromatic heterocycles. The van der Waals surface area contributed by atoms with Crippen LogP contribution in [-0.2, 0) is 49.0 Å². The van der Waals surface area contributed by atoms with E-state index in [0.29, 0.717) is 0 Å². The number of halogens is 3. The molecule has 0 saturated carbocycles. The van der Waals surface area contributed by atoms with Crippen LogP contribution in [0.4, 0.5) is 13.2 Å². The molecule has 0 radical (unpaired) electrons. The number of hydrogen-bond acceptors (Lipinski definition) is 10. The fraction of sp³-hybridized carbons (Fsp3) is 0.533. The number of hydrogen-bond donors (Lipinski definition) is 0. The average Bonchev–Trinajstić information content (AvgIpc) is 2.88. The van der Waals surface area contributed by atoms with Crippen molar-refractivity contribution < 1.29 is 56.0 Å². The number of ether oxygens (including phenoxy) is 5. The van der Waals surface area contributed by atoms with E-state index in [1.165, 1.54) is 38.0 Å². The van der Waals surface area contributed by atoms with Crippen molar-refractivity contribution in [2.45, 2.75) is 67.5 Å². The molecular weight excluding hydrogens is 575 g/mol. The van der Waals surface area contributed by atoms with Gasteiger partial charge >= 0.3 is 30.1 Å². The first-order valence-electron chi connectivity index (χ1n) is 13.3. The van der Waals surface area contributed by atoms with Gasteiger partial charge in [-0.2, -0.15) is 13.2 Å². The number of esters is 4. The van der Waals surface area contributed by atoms with Crippen molar-refractivity contribution in [1.29, 1.82) is 0 Å². The van der Waals surface area contributed by atoms with Crippen LogP contribution in [0.3, 0.4) is 0 Å². The van der Waals surface area contributed by atoms with Gasteiger partial charge in [0, 0.05) is 18.5 Å². The number of nitrogens with zero attached hydrogens (tertiary/aromatic N) is 1. The van der Waals surface area contributed by atoms with Crippen LogP contribution in [0.25, 0.3) is 0 Å². The van der Waals surface area contributed by atoms with Crippen molar-refractivity contribution in [3.63, 3.8) is 0 Å². The fourth-order valence-electron chi connectivity index (χ4n) is 4.14. The van der Waals surface area contributed by atoms with Gasteiger partial charge in [0.25, 0.3) is 0 Å². The molecule has 0 N–H and O–H groups in total. The largest absolute Gasteiger partial charge is 0.427 e. The highest BCUT2D eigenvalue weighted by Gasteiger charge is 2.45. The van der Waals surface area contributed by atoms with Crippen molar-refractivity contribution in [2.24, 2.45) is 10.8 Å². The van der Waals surface area contributed by atoms with Crippen LogP contribution >= 0.6 is 0 Å². The predicted molar refractivity (Wildman–Crippen MR) is 146 cm³/mol. The maximum atomic E-state index is 14.2. The summed E-state index contributed by atoms with van der Waals surface area (Å²) in [5.74, 6) is -5.28. The van der Waals surface area contributed by atoms with E-state index < -0.39 is 71.5 Å². The Balaban J connectivity index is 2.67. The molecule has 10 nitrogen and oxygen atoms in total. The van der Waals surface area contributed by atoms with Gasteiger partial charge in [0.05, 0.1) is 33.5 Å². The first kappa shape index (κ1) is 35.3. The Kier molecular flexibility index (Phi) is 11.2. The normalized spacial score (nSPS) is 14.9. The van der Waals surface area contributed by atoms with Crippen molar-refractivity contribution >= 4 is 23.9 Å². The summed E-state index contributed by atoms with van der Waals surface area (Å²) in [4.78, 5) is 52.9. The number of rotatable bonds is 9. The quantitative estimate of drug-likeness (QED) is 0.263. The van der Waals surface area contributed by atoms with Crippen molar-refractivity contribution in [2.75, 3.05) is 27.4 Å². The van der Waals surface area contributed by atoms with E-state index in [9.17, 15) is 32.3 Å². The summed E-state index contributed by atoms with van der Waals surface area (Å²) in [7, 11) is 1.35. The summed E-state index contributed by atoms with van der Waals surface area (Å²) in [5, 5.41) is 0. The molecular formula is C30H38F3NO9. The summed E-state index contributed by atoms with van der Waals surface area (Å²) < 4.78 is 68.4. The zero-order chi connectivity index (χ0) is 32.9. The number of methoxy groups -OCH3 is 1. The molecule has 238 valence electrons. The van der Waals surface area contributed by atoms with E-state index in [-0.39, 0.29) is 29.3 Å². The Hall–Kier alpha value is -3.87. The summed E-state index contributed by atoms with van der Waals surface area (Å²) in [6, 6.07) is 4.47. The van der Waals surface area contributed by atoms with Crippen LogP contribution < -0.4 is 0 Å². The second kappa shape index (κ2) is 13.6. The standard InChI is InChI=1S/C30H38F3NO9/c1-17-21(24(35)40-15-42-26(37)28(3,4)5)23(19-12-10-11-13-20(19)30(31,32)33)22(18(2)34(17)14-39-9)25(36)41-16-43-27(38)29(6,7)8/h10-13,23H,14-16H2,1-9H3. The molecule has 13 heteroatoms. The first-order valence-corrected chi connectivity index (χ1v) is 13.3. The Labute approximate surface area is 248 Å². The molecule has 0 unspecified atom stereocenters. The lowest BCUT2D eigenvalue weighted by molar-refractivity contribution is -0.172. The Morgan fingerprint density at radius 2 is 1.16 bits per heavy atom. The third-order valence-corrected chi connectivity index (χ3v) is 6.43. The highest BCUT2D eigenvalue weighted by atomic mass is 19.4. The van der Waals surface area contributed by atoms with Gasteiger partial charge in [0.1, 0.15) is 6.73 Å². The summed E-state index contributed by atoms with van der Waals surface area (Å²) in [6.07, 6.45) is -4.86. The zero-order valence-electron chi connectivity index (χ0n) is 25.8. The molecule has 0 fully saturated rings. The molecule has 2 rings (SSSR count). The van der Waals surface area contributed by atoms with Crippen molar-refractivity contribution in [3.05, 3.63) is 57.9 Å². The van der Waals surface area contributed by atoms with Crippen LogP contribution in [0.15, 0.2) is 46.8 Å². The molecule has 0 bridgehead atoms. The topological polar surface area (TPSA) is 118 Å². The molecule has 1 aromatic carbocycles. The van der Waals surface area contributed by atoms with Gasteiger partial charge in [-0.3, -0.25) is 9.59 Å². The molecule has 1 aromatic rings. The zero-order valence-corrected chi connectivity index (χ0v) is 25.8. The van der Waals surface area contributed by atoms with Gasteiger partial charge in [-0.1, -0.05) is 18.2 Å². The molecule has 43 heavy (non-hydrogen) atoms. The lowest BCUT2D eigenvalue weighted by Crippen LogP contribution is -2.37. The van der Waals surface area contributed by atoms with E-state index in [1.54, 1.807) is 41.5 Å². The molecule has 0 spiro atoms. The maximum absolute atomic E-state index is 14.2. The Bertz CT molecular complexity index is 1230. The number of allylic oxidation sites excluding steroid dienone is 2. The summed E-state index contributed by atoms with van der Waals surface area (Å²) in [5.41, 5.74) is -3.78. The van der Waals surface area contributed by atoms with Gasteiger partial charge < -0.3 is 28.6 Å². The van der Waals surface area contributed by atoms with Crippen LogP contribution in [-0.4, -0.2) is 56.2 Å². The number of benzene rings is 1. The Morgan fingerprint density at radius 3 is 1.53 bits per heavy atom. The van der Waals surface area contributed by atoms with Gasteiger partial charge in [0.2, 0.25) is 13.6 Å². The predicted octanol–water partition coefficient (Wildman–Crippen LogP) is 5.44. The van der Waals surface area contributed by atoms with Gasteiger partial charge in [-0.15, -0.1) is 0 Å². The third kappa shape index (κ3) is 8.59. The van der Waals surface area contributed by atoms with Crippen LogP contribution in [0.5, 0.6) is 0 Å². The van der Waals surface area contributed by atoms with E-state index >= 15 is 0 Å². The molecule has 0 saturated heterocycles. The van der Waals surface area contributed by atoms with Gasteiger partial charge in [-0.05, 0) is 67.0 Å². The highest BCUT2D eigenvalue weighted by molar-refractivity contribution is 6.00. The van der Waals surface area contributed by atoms with E-state index in [0.717, 1.165) is 12.1 Å². The number of alkyl halides is 3. The second-order valence-electron chi connectivity index (χ2n) is 11.8. The van der Waals surface area contributed by atoms with Crippen LogP contribution in [0, 0.1) is 10.8 Å². The molecule has 1 aliphatic rings. The summed E-state index contributed by atoms with van der Waals surface area (Å²) in [6.45, 7) is 10.6. The SMILES string of the molecule is COCN1C(C)=C(C(=O)OCOC(=O)C(C)(C)C)C(c2ccccc2C(F)(F)F)C(C(=O)OCOC(=O)C(C)(C)C)=C1C. The minimum absolute atomic E-state index is 0.129. The summed E-state index contributed by atoms with van der Waals surface area (Å²) >= 11 is 0. The van der Waals surface area contributed by atoms with Crippen LogP contribution in [0.1, 0.15) is 72.4 Å². The molecule has 0 atom stereocenters. The van der Waals surface area contributed by atoms with Crippen molar-refractivity contribution in [1.82, 2.24) is 4.90 Å². The lowest BCUT2D eigenvalue weighted by Gasteiger charge is -2.38. The van der Waals surface area contributed by atoms with Crippen LogP contribution in [0.2, 0.25) is 0 Å². The monoisotopic (exact) mass is 613 g/mol. The number of carbonyl (C=O) groups is 4. The number of carbonyl (C=O) groups excluding carboxylic acids is 4. The highest BCUT2D eigenvalue weighted by Crippen LogP contribution is 2.46. The smallest absolute Gasteiger partial charge is 0.416 e. The molecule has 1 aliphatic heterocycles. The molecule has 0 aliphatic carbocycles. The van der Waals surface area contributed by atoms with Gasteiger partial charge in [-0.25, -0.2) is 9.59 Å². The maximum Gasteiger partial charge on any atom is 0.416 e. The molecule has 1 heterocycles. The second-order valence-corrected chi connectivity index (χ2v) is 11.8. The lowest BCUT2D eigenvalue weighted by atomic mass is 9.78. The van der Waals surface area contributed by atoms with Gasteiger partial charge in [0.15, 0.2) is 0 Å². The average molecular weight is 614 g/mol.